The first-order valence-electron chi connectivity index (χ1n) is 8.98. The lowest BCUT2D eigenvalue weighted by Gasteiger charge is -2.39. The number of carbonyl (C=O) groups is 1. The van der Waals surface area contributed by atoms with Gasteiger partial charge in [-0.3, -0.25) is 9.11 Å². The van der Waals surface area contributed by atoms with Crippen molar-refractivity contribution in [1.29, 1.82) is 0 Å². The number of hydrogen-bond acceptors (Lipinski definition) is 5. The Morgan fingerprint density at radius 3 is 2.56 bits per heavy atom. The lowest BCUT2D eigenvalue weighted by molar-refractivity contribution is 0.144. The highest BCUT2D eigenvalue weighted by Crippen LogP contribution is 2.44. The molecule has 0 aliphatic carbocycles. The van der Waals surface area contributed by atoms with Crippen LogP contribution in [0.15, 0.2) is 24.3 Å². The second-order valence-corrected chi connectivity index (χ2v) is 8.91. The second kappa shape index (κ2) is 9.89. The zero-order valence-electron chi connectivity index (χ0n) is 14.9. The van der Waals surface area contributed by atoms with E-state index in [0.717, 1.165) is 43.4 Å². The summed E-state index contributed by atoms with van der Waals surface area (Å²) in [4.78, 5) is 11.5. The summed E-state index contributed by atoms with van der Waals surface area (Å²) >= 11 is 0. The first kappa shape index (κ1) is 19.9. The molecule has 1 aliphatic rings. The smallest absolute Gasteiger partial charge is 0.407 e. The Morgan fingerprint density at radius 2 is 1.92 bits per heavy atom. The summed E-state index contributed by atoms with van der Waals surface area (Å²) in [6.45, 7) is 3.08. The first-order valence-corrected chi connectivity index (χ1v) is 10.9. The predicted octanol–water partition coefficient (Wildman–Crippen LogP) is 4.08. The van der Waals surface area contributed by atoms with E-state index in [2.05, 4.69) is 17.6 Å². The van der Waals surface area contributed by atoms with Gasteiger partial charge in [0.05, 0.1) is 6.61 Å². The molecule has 6 nitrogen and oxygen atoms in total. The molecule has 0 aromatic heterocycles. The molecule has 4 N–H and O–H groups in total. The third-order valence-corrected chi connectivity index (χ3v) is 6.10. The summed E-state index contributed by atoms with van der Waals surface area (Å²) < 4.78 is 24.3. The number of amides is 1. The van der Waals surface area contributed by atoms with Gasteiger partial charge in [0.1, 0.15) is 0 Å². The first-order chi connectivity index (χ1) is 12.0. The molecule has 25 heavy (non-hydrogen) atoms. The summed E-state index contributed by atoms with van der Waals surface area (Å²) in [6, 6.07) is 8.44. The number of carbonyl (C=O) groups excluding carboxylic acids is 1. The Morgan fingerprint density at radius 1 is 1.24 bits per heavy atom. The zero-order valence-corrected chi connectivity index (χ0v) is 15.7. The molecule has 7 heteroatoms. The van der Waals surface area contributed by atoms with Crippen molar-refractivity contribution in [2.24, 2.45) is 0 Å². The highest BCUT2D eigenvalue weighted by atomic mass is 32.3. The van der Waals surface area contributed by atoms with Crippen LogP contribution in [0.5, 0.6) is 0 Å². The zero-order chi connectivity index (χ0) is 18.1. The van der Waals surface area contributed by atoms with Crippen LogP contribution in [-0.4, -0.2) is 45.9 Å². The van der Waals surface area contributed by atoms with Gasteiger partial charge in [0, 0.05) is 29.8 Å². The number of anilines is 1. The van der Waals surface area contributed by atoms with Crippen molar-refractivity contribution in [3.63, 3.8) is 0 Å². The van der Waals surface area contributed by atoms with Crippen molar-refractivity contribution < 1.29 is 18.6 Å². The number of rotatable bonds is 8. The van der Waals surface area contributed by atoms with Crippen LogP contribution >= 0.6 is 10.6 Å². The summed E-state index contributed by atoms with van der Waals surface area (Å²) in [5.41, 5.74) is 2.19. The van der Waals surface area contributed by atoms with Crippen molar-refractivity contribution in [2.45, 2.75) is 45.1 Å². The fourth-order valence-electron chi connectivity index (χ4n) is 2.73. The van der Waals surface area contributed by atoms with Crippen molar-refractivity contribution in [3.05, 3.63) is 29.8 Å². The van der Waals surface area contributed by atoms with E-state index in [1.807, 2.05) is 24.3 Å². The normalized spacial score (nSPS) is 18.4. The lowest BCUT2D eigenvalue weighted by atomic mass is 10.1. The Labute approximate surface area is 151 Å². The lowest BCUT2D eigenvalue weighted by Crippen LogP contribution is -2.30. The van der Waals surface area contributed by atoms with Crippen LogP contribution in [0, 0.1) is 0 Å². The molecule has 1 heterocycles. The van der Waals surface area contributed by atoms with Crippen molar-refractivity contribution in [2.75, 3.05) is 30.0 Å². The van der Waals surface area contributed by atoms with E-state index in [4.69, 9.17) is 4.74 Å². The van der Waals surface area contributed by atoms with Crippen LogP contribution in [0.3, 0.4) is 0 Å². The number of ether oxygens (including phenoxy) is 1. The molecule has 1 aromatic carbocycles. The highest BCUT2D eigenvalue weighted by molar-refractivity contribution is 8.24. The quantitative estimate of drug-likeness (QED) is 0.518. The van der Waals surface area contributed by atoms with E-state index in [1.165, 1.54) is 0 Å². The maximum atomic E-state index is 11.5. The van der Waals surface area contributed by atoms with Crippen LogP contribution in [0.4, 0.5) is 10.5 Å². The van der Waals surface area contributed by atoms with Gasteiger partial charge in [-0.05, 0) is 43.4 Å². The van der Waals surface area contributed by atoms with Gasteiger partial charge in [-0.2, -0.15) is 10.6 Å². The molecule has 0 bridgehead atoms. The van der Waals surface area contributed by atoms with E-state index in [-0.39, 0.29) is 6.09 Å². The van der Waals surface area contributed by atoms with Gasteiger partial charge in [-0.15, -0.1) is 0 Å². The fraction of sp³-hybridized carbons (Fsp3) is 0.611. The number of hydrogen-bond donors (Lipinski definition) is 4. The van der Waals surface area contributed by atoms with Crippen LogP contribution in [-0.2, 0) is 11.2 Å². The van der Waals surface area contributed by atoms with Crippen LogP contribution in [0.25, 0.3) is 0 Å². The molecule has 0 radical (unpaired) electrons. The van der Waals surface area contributed by atoms with Gasteiger partial charge < -0.3 is 15.4 Å². The van der Waals surface area contributed by atoms with E-state index in [1.54, 1.807) is 0 Å². The second-order valence-electron chi connectivity index (χ2n) is 6.49. The molecule has 1 saturated heterocycles. The average Bonchev–Trinajstić information content (AvgIpc) is 2.59. The van der Waals surface area contributed by atoms with Gasteiger partial charge in [-0.1, -0.05) is 25.5 Å². The topological polar surface area (TPSA) is 90.8 Å². The summed E-state index contributed by atoms with van der Waals surface area (Å²) in [5.74, 6) is 0.978. The molecule has 0 unspecified atom stereocenters. The minimum absolute atomic E-state index is 0.297. The van der Waals surface area contributed by atoms with Crippen molar-refractivity contribution in [1.82, 2.24) is 5.32 Å². The Bertz CT molecular complexity index is 526. The molecule has 1 fully saturated rings. The Balaban J connectivity index is 1.67. The van der Waals surface area contributed by atoms with E-state index in [9.17, 15) is 13.9 Å². The van der Waals surface area contributed by atoms with Gasteiger partial charge >= 0.3 is 6.09 Å². The average molecular weight is 371 g/mol. The standard InChI is InChI=1S/C18H30N2O4S/c1-2-3-12-24-18(21)19-11-8-15-4-6-16(7-5-15)20-17-9-13-25(22,23)14-10-17/h4-7,17,20,22-23H,2-3,8-14H2,1H3,(H,19,21). The molecule has 0 atom stereocenters. The predicted molar refractivity (Wildman–Crippen MR) is 104 cm³/mol. The summed E-state index contributed by atoms with van der Waals surface area (Å²) in [6.07, 6.45) is 3.88. The molecule has 0 spiro atoms. The minimum Gasteiger partial charge on any atom is -0.450 e. The Hall–Kier alpha value is -1.44. The molecule has 1 amide bonds. The van der Waals surface area contributed by atoms with Crippen molar-refractivity contribution in [3.8, 4) is 0 Å². The van der Waals surface area contributed by atoms with Crippen molar-refractivity contribution >= 4 is 22.4 Å². The number of nitrogens with one attached hydrogen (secondary N) is 2. The number of benzene rings is 1. The van der Waals surface area contributed by atoms with Gasteiger partial charge in [0.15, 0.2) is 0 Å². The molecule has 1 aliphatic heterocycles. The fourth-order valence-corrected chi connectivity index (χ4v) is 4.25. The Kier molecular flexibility index (Phi) is 7.87. The molecule has 0 saturated carbocycles. The van der Waals surface area contributed by atoms with Crippen LogP contribution < -0.4 is 10.6 Å². The van der Waals surface area contributed by atoms with Gasteiger partial charge in [0.25, 0.3) is 0 Å². The molecule has 2 rings (SSSR count). The molecule has 142 valence electrons. The molecule has 1 aromatic rings. The maximum Gasteiger partial charge on any atom is 0.407 e. The largest absolute Gasteiger partial charge is 0.450 e. The molecular weight excluding hydrogens is 340 g/mol. The minimum atomic E-state index is -2.32. The third kappa shape index (κ3) is 7.54. The monoisotopic (exact) mass is 370 g/mol. The van der Waals surface area contributed by atoms with Crippen LogP contribution in [0.2, 0.25) is 0 Å². The van der Waals surface area contributed by atoms with Gasteiger partial charge in [-0.25, -0.2) is 4.79 Å². The summed E-state index contributed by atoms with van der Waals surface area (Å²) in [7, 11) is -2.32. The maximum absolute atomic E-state index is 11.5. The highest BCUT2D eigenvalue weighted by Gasteiger charge is 2.23. The SMILES string of the molecule is CCCCOC(=O)NCCc1ccc(NC2CCS(O)(O)CC2)cc1. The number of unbranched alkanes of at least 4 members (excludes halogenated alkanes) is 1. The third-order valence-electron chi connectivity index (χ3n) is 4.33. The van der Waals surface area contributed by atoms with E-state index in [0.29, 0.717) is 30.7 Å². The summed E-state index contributed by atoms with van der Waals surface area (Å²) in [5, 5.41) is 6.21. The van der Waals surface area contributed by atoms with E-state index < -0.39 is 10.6 Å². The van der Waals surface area contributed by atoms with Gasteiger partial charge in [0.2, 0.25) is 0 Å². The van der Waals surface area contributed by atoms with E-state index >= 15 is 0 Å². The van der Waals surface area contributed by atoms with Crippen LogP contribution in [0.1, 0.15) is 38.2 Å². The number of alkyl carbamates (subject to hydrolysis) is 1. The molecular formula is C18H30N2O4S.